The molecule has 0 bridgehead atoms. The molecule has 0 aliphatic rings. The van der Waals surface area contributed by atoms with Crippen LogP contribution in [0, 0.1) is 0 Å². The summed E-state index contributed by atoms with van der Waals surface area (Å²) < 4.78 is 18.1. The summed E-state index contributed by atoms with van der Waals surface area (Å²) >= 11 is 1.87. The van der Waals surface area contributed by atoms with Gasteiger partial charge in [-0.15, -0.1) is 11.3 Å². The van der Waals surface area contributed by atoms with Gasteiger partial charge in [-0.3, -0.25) is 0 Å². The third-order valence-corrected chi connectivity index (χ3v) is 10.7. The molecule has 0 aliphatic heterocycles. The van der Waals surface area contributed by atoms with Crippen LogP contribution >= 0.6 is 11.3 Å². The zero-order valence-corrected chi connectivity index (χ0v) is 25.3. The topological polar surface area (TPSA) is 31.2 Å². The predicted molar refractivity (Wildman–Crippen MR) is 194 cm³/mol. The summed E-state index contributed by atoms with van der Waals surface area (Å²) in [6, 6.07) is 49.7. The fourth-order valence-electron chi connectivity index (χ4n) is 7.65. The highest BCUT2D eigenvalue weighted by Crippen LogP contribution is 2.45. The highest BCUT2D eigenvalue weighted by Gasteiger charge is 2.20. The van der Waals surface area contributed by atoms with Crippen molar-refractivity contribution in [2.24, 2.45) is 0 Å². The van der Waals surface area contributed by atoms with E-state index in [4.69, 9.17) is 8.83 Å². The third-order valence-electron chi connectivity index (χ3n) is 9.61. The molecule has 46 heavy (non-hydrogen) atoms. The fourth-order valence-corrected chi connectivity index (χ4v) is 8.76. The number of aromatic nitrogens is 1. The molecule has 0 unspecified atom stereocenters. The van der Waals surface area contributed by atoms with Gasteiger partial charge in [-0.05, 0) is 48.5 Å². The van der Waals surface area contributed by atoms with E-state index in [1.165, 1.54) is 42.0 Å². The summed E-state index contributed by atoms with van der Waals surface area (Å²) in [7, 11) is 0. The molecule has 11 aromatic rings. The van der Waals surface area contributed by atoms with E-state index in [9.17, 15) is 0 Å². The highest BCUT2D eigenvalue weighted by atomic mass is 32.1. The van der Waals surface area contributed by atoms with Gasteiger partial charge < -0.3 is 13.4 Å². The Morgan fingerprint density at radius 2 is 1.07 bits per heavy atom. The second-order valence-electron chi connectivity index (χ2n) is 12.0. The maximum absolute atomic E-state index is 6.65. The van der Waals surface area contributed by atoms with Gasteiger partial charge in [-0.2, -0.15) is 0 Å². The molecule has 3 nitrogen and oxygen atoms in total. The molecular formula is C42H23NO2S. The lowest BCUT2D eigenvalue weighted by atomic mass is 10.00. The van der Waals surface area contributed by atoms with Gasteiger partial charge in [0.15, 0.2) is 0 Å². The first-order valence-electron chi connectivity index (χ1n) is 15.5. The molecule has 0 saturated carbocycles. The van der Waals surface area contributed by atoms with Crippen LogP contribution in [0.3, 0.4) is 0 Å². The van der Waals surface area contributed by atoms with Gasteiger partial charge in [-0.1, -0.05) is 91.0 Å². The minimum atomic E-state index is 0.870. The van der Waals surface area contributed by atoms with Crippen LogP contribution in [0.2, 0.25) is 0 Å². The lowest BCUT2D eigenvalue weighted by Crippen LogP contribution is -1.93. The van der Waals surface area contributed by atoms with E-state index in [-0.39, 0.29) is 0 Å². The Kier molecular flexibility index (Phi) is 4.72. The Bertz CT molecular complexity index is 3040. The van der Waals surface area contributed by atoms with Gasteiger partial charge >= 0.3 is 0 Å². The molecular weight excluding hydrogens is 583 g/mol. The van der Waals surface area contributed by atoms with Gasteiger partial charge in [0.1, 0.15) is 22.3 Å². The lowest BCUT2D eigenvalue weighted by molar-refractivity contribution is 0.665. The Morgan fingerprint density at radius 1 is 0.413 bits per heavy atom. The molecule has 0 aliphatic carbocycles. The average molecular weight is 606 g/mol. The van der Waals surface area contributed by atoms with E-state index < -0.39 is 0 Å². The van der Waals surface area contributed by atoms with Crippen molar-refractivity contribution in [3.05, 3.63) is 140 Å². The first kappa shape index (κ1) is 24.5. The monoisotopic (exact) mass is 605 g/mol. The molecule has 11 rings (SSSR count). The Morgan fingerprint density at radius 3 is 1.89 bits per heavy atom. The molecule has 4 aromatic heterocycles. The summed E-state index contributed by atoms with van der Waals surface area (Å²) in [4.78, 5) is 0. The molecule has 0 spiro atoms. The van der Waals surface area contributed by atoms with Crippen molar-refractivity contribution in [2.45, 2.75) is 0 Å². The van der Waals surface area contributed by atoms with Gasteiger partial charge in [0, 0.05) is 69.3 Å². The van der Waals surface area contributed by atoms with E-state index in [1.54, 1.807) is 0 Å². The predicted octanol–water partition coefficient (Wildman–Crippen LogP) is 12.6. The van der Waals surface area contributed by atoms with E-state index in [2.05, 4.69) is 132 Å². The standard InChI is InChI=1S/C42H23NO2S/c1-4-16-33-30(10-1)39-34(20-22-38-40(39)31-11-3-6-18-37(31)46-38)43(33)24-19-21-36-32(23-24)29-15-8-14-28(42(29)45-36)27-13-7-12-26-25-9-2-5-17-35(25)44-41(26)27/h1-23H. The summed E-state index contributed by atoms with van der Waals surface area (Å²) in [5.41, 5.74) is 9.11. The quantitative estimate of drug-likeness (QED) is 0.196. The number of furan rings is 2. The van der Waals surface area contributed by atoms with E-state index in [1.807, 2.05) is 23.5 Å². The van der Waals surface area contributed by atoms with E-state index >= 15 is 0 Å². The van der Waals surface area contributed by atoms with Crippen LogP contribution < -0.4 is 0 Å². The van der Waals surface area contributed by atoms with Crippen molar-refractivity contribution in [1.82, 2.24) is 4.57 Å². The minimum Gasteiger partial charge on any atom is -0.455 e. The maximum Gasteiger partial charge on any atom is 0.143 e. The molecule has 4 heteroatoms. The van der Waals surface area contributed by atoms with Crippen LogP contribution in [-0.2, 0) is 0 Å². The van der Waals surface area contributed by atoms with Crippen molar-refractivity contribution >= 4 is 97.2 Å². The maximum atomic E-state index is 6.65. The van der Waals surface area contributed by atoms with Crippen LogP contribution in [0.1, 0.15) is 0 Å². The lowest BCUT2D eigenvalue weighted by Gasteiger charge is -2.08. The second-order valence-corrected chi connectivity index (χ2v) is 13.1. The molecule has 0 amide bonds. The average Bonchev–Trinajstić information content (AvgIpc) is 3.86. The number of rotatable bonds is 2. The highest BCUT2D eigenvalue weighted by molar-refractivity contribution is 7.26. The number of para-hydroxylation sites is 4. The van der Waals surface area contributed by atoms with E-state index in [0.717, 1.165) is 60.7 Å². The zero-order chi connectivity index (χ0) is 29.9. The normalized spacial score (nSPS) is 12.3. The number of hydrogen-bond acceptors (Lipinski definition) is 3. The number of fused-ring (bicyclic) bond motifs is 13. The molecule has 0 atom stereocenters. The molecule has 4 heterocycles. The smallest absolute Gasteiger partial charge is 0.143 e. The molecule has 7 aromatic carbocycles. The van der Waals surface area contributed by atoms with Gasteiger partial charge in [-0.25, -0.2) is 0 Å². The van der Waals surface area contributed by atoms with Crippen LogP contribution in [0.15, 0.2) is 148 Å². The van der Waals surface area contributed by atoms with Crippen LogP contribution in [0.5, 0.6) is 0 Å². The Balaban J connectivity index is 1.18. The summed E-state index contributed by atoms with van der Waals surface area (Å²) in [6.07, 6.45) is 0. The summed E-state index contributed by atoms with van der Waals surface area (Å²) in [6.45, 7) is 0. The first-order chi connectivity index (χ1) is 22.8. The van der Waals surface area contributed by atoms with Gasteiger partial charge in [0.2, 0.25) is 0 Å². The first-order valence-corrected chi connectivity index (χ1v) is 16.3. The number of benzene rings is 7. The van der Waals surface area contributed by atoms with Crippen molar-refractivity contribution < 1.29 is 8.83 Å². The van der Waals surface area contributed by atoms with E-state index in [0.29, 0.717) is 0 Å². The van der Waals surface area contributed by atoms with Gasteiger partial charge in [0.25, 0.3) is 0 Å². The van der Waals surface area contributed by atoms with Crippen molar-refractivity contribution in [3.8, 4) is 16.8 Å². The van der Waals surface area contributed by atoms with Crippen LogP contribution in [-0.4, -0.2) is 4.57 Å². The van der Waals surface area contributed by atoms with Crippen molar-refractivity contribution in [3.63, 3.8) is 0 Å². The second kappa shape index (κ2) is 8.87. The number of thiophene rings is 1. The molecule has 214 valence electrons. The Labute approximate surface area is 266 Å². The summed E-state index contributed by atoms with van der Waals surface area (Å²) in [5.74, 6) is 0. The Hall–Kier alpha value is -5.84. The van der Waals surface area contributed by atoms with Crippen LogP contribution in [0.4, 0.5) is 0 Å². The zero-order valence-electron chi connectivity index (χ0n) is 24.5. The SMILES string of the molecule is c1ccc2c(c1)oc1c(-c3cccc4c3oc3ccc(-n5c6ccccc6c6c7c(ccc65)sc5ccccc57)cc34)cccc12. The number of nitrogens with zero attached hydrogens (tertiary/aromatic N) is 1. The molecule has 0 N–H and O–H groups in total. The van der Waals surface area contributed by atoms with Crippen molar-refractivity contribution in [1.29, 1.82) is 0 Å². The molecule has 0 fully saturated rings. The summed E-state index contributed by atoms with van der Waals surface area (Å²) in [5, 5.41) is 9.66. The molecule has 0 saturated heterocycles. The van der Waals surface area contributed by atoms with Crippen molar-refractivity contribution in [2.75, 3.05) is 0 Å². The minimum absolute atomic E-state index is 0.870. The molecule has 0 radical (unpaired) electrons. The third kappa shape index (κ3) is 3.16. The van der Waals surface area contributed by atoms with Gasteiger partial charge in [0.05, 0.1) is 11.0 Å². The fraction of sp³-hybridized carbons (Fsp3) is 0. The van der Waals surface area contributed by atoms with Crippen LogP contribution in [0.25, 0.3) is 103 Å². The largest absolute Gasteiger partial charge is 0.455 e. The number of hydrogen-bond donors (Lipinski definition) is 0.